The molecule has 0 unspecified atom stereocenters. The van der Waals surface area contributed by atoms with Crippen molar-refractivity contribution < 1.29 is 29.2 Å². The first-order chi connectivity index (χ1) is 13.5. The van der Waals surface area contributed by atoms with E-state index in [0.29, 0.717) is 22.7 Å². The molecule has 4 atom stereocenters. The Balaban J connectivity index is 1.66. The summed E-state index contributed by atoms with van der Waals surface area (Å²) in [7, 11) is 1.47. The number of anilines is 2. The number of ether oxygens (including phenoxy) is 2. The summed E-state index contributed by atoms with van der Waals surface area (Å²) in [5.74, 6) is -0.934. The molecule has 3 aromatic rings. The molecule has 4 N–H and O–H groups in total. The monoisotopic (exact) mass is 391 g/mol. The minimum Gasteiger partial charge on any atom is -0.505 e. The van der Waals surface area contributed by atoms with Crippen molar-refractivity contribution in [3.8, 4) is 5.75 Å². The van der Waals surface area contributed by atoms with Crippen LogP contribution in [0.3, 0.4) is 0 Å². The van der Waals surface area contributed by atoms with Crippen molar-refractivity contribution in [1.29, 1.82) is 0 Å². The van der Waals surface area contributed by atoms with Gasteiger partial charge in [0, 0.05) is 18.9 Å². The quantitative estimate of drug-likeness (QED) is 0.463. The second-order valence-corrected chi connectivity index (χ2v) is 6.34. The molecule has 10 nitrogen and oxygen atoms in total. The maximum absolute atomic E-state index is 13.6. The molecule has 0 radical (unpaired) electrons. The van der Waals surface area contributed by atoms with Crippen molar-refractivity contribution in [2.75, 3.05) is 19.0 Å². The van der Waals surface area contributed by atoms with E-state index in [0.717, 1.165) is 6.07 Å². The maximum atomic E-state index is 13.6. The molecule has 1 aromatic carbocycles. The normalized spacial score (nSPS) is 24.7. The molecular weight excluding hydrogens is 373 g/mol. The van der Waals surface area contributed by atoms with Crippen LogP contribution in [0.5, 0.6) is 5.75 Å². The lowest BCUT2D eigenvalue weighted by atomic mass is 10.1. The van der Waals surface area contributed by atoms with E-state index in [4.69, 9.17) is 9.47 Å². The summed E-state index contributed by atoms with van der Waals surface area (Å²) in [6.45, 7) is 0.121. The molecule has 0 amide bonds. The van der Waals surface area contributed by atoms with Crippen molar-refractivity contribution in [2.24, 2.45) is 0 Å². The number of benzene rings is 1. The molecule has 1 fully saturated rings. The molecule has 4 rings (SSSR count). The number of imidazole rings is 1. The fourth-order valence-corrected chi connectivity index (χ4v) is 3.11. The number of phenolic OH excluding ortho intramolecular Hbond substituents is 1. The van der Waals surface area contributed by atoms with E-state index in [-0.39, 0.29) is 6.61 Å². The number of rotatable bonds is 5. The number of methoxy groups -OCH3 is 1. The molecule has 0 saturated carbocycles. The highest BCUT2D eigenvalue weighted by molar-refractivity contribution is 5.85. The third-order valence-electron chi connectivity index (χ3n) is 4.51. The van der Waals surface area contributed by atoms with Gasteiger partial charge in [-0.3, -0.25) is 4.57 Å². The summed E-state index contributed by atoms with van der Waals surface area (Å²) in [4.78, 5) is 12.6. The van der Waals surface area contributed by atoms with Gasteiger partial charge < -0.3 is 30.1 Å². The van der Waals surface area contributed by atoms with Crippen LogP contribution in [0.25, 0.3) is 11.2 Å². The van der Waals surface area contributed by atoms with Crippen molar-refractivity contribution in [3.63, 3.8) is 0 Å². The van der Waals surface area contributed by atoms with E-state index < -0.39 is 36.1 Å². The van der Waals surface area contributed by atoms with Gasteiger partial charge in [0.15, 0.2) is 34.8 Å². The number of fused-ring (bicyclic) bond motifs is 1. The van der Waals surface area contributed by atoms with Gasteiger partial charge in [0.05, 0.1) is 12.9 Å². The largest absolute Gasteiger partial charge is 0.505 e. The number of phenols is 1. The fraction of sp³-hybridized carbons (Fsp3) is 0.353. The van der Waals surface area contributed by atoms with E-state index in [1.165, 1.54) is 36.5 Å². The summed E-state index contributed by atoms with van der Waals surface area (Å²) >= 11 is 0. The fourth-order valence-electron chi connectivity index (χ4n) is 3.11. The van der Waals surface area contributed by atoms with E-state index >= 15 is 0 Å². The lowest BCUT2D eigenvalue weighted by Crippen LogP contribution is -2.33. The molecule has 2 aromatic heterocycles. The summed E-state index contributed by atoms with van der Waals surface area (Å²) < 4.78 is 25.8. The minimum atomic E-state index is -1.20. The van der Waals surface area contributed by atoms with Crippen molar-refractivity contribution >= 4 is 22.7 Å². The highest BCUT2D eigenvalue weighted by Crippen LogP contribution is 2.33. The van der Waals surface area contributed by atoms with E-state index in [2.05, 4.69) is 20.3 Å². The third-order valence-corrected chi connectivity index (χ3v) is 4.51. The van der Waals surface area contributed by atoms with Gasteiger partial charge in [0.25, 0.3) is 0 Å². The predicted octanol–water partition coefficient (Wildman–Crippen LogP) is 0.680. The molecule has 28 heavy (non-hydrogen) atoms. The van der Waals surface area contributed by atoms with Gasteiger partial charge in [-0.15, -0.1) is 0 Å². The molecule has 3 heterocycles. The molecule has 0 aliphatic carbocycles. The van der Waals surface area contributed by atoms with Gasteiger partial charge in [-0.1, -0.05) is 0 Å². The van der Waals surface area contributed by atoms with Crippen LogP contribution in [0.15, 0.2) is 30.9 Å². The summed E-state index contributed by atoms with van der Waals surface area (Å²) in [5.41, 5.74) is 1.07. The smallest absolute Gasteiger partial charge is 0.167 e. The Kier molecular flexibility index (Phi) is 4.81. The number of aliphatic hydroxyl groups excluding tert-OH is 2. The second-order valence-electron chi connectivity index (χ2n) is 6.34. The molecule has 148 valence electrons. The molecule has 0 spiro atoms. The number of aromatic hydroxyl groups is 1. The number of nitrogens with zero attached hydrogens (tertiary/aromatic N) is 4. The number of aromatic nitrogens is 4. The Hall–Kier alpha value is -2.86. The average molecular weight is 391 g/mol. The van der Waals surface area contributed by atoms with E-state index in [9.17, 15) is 19.7 Å². The predicted molar refractivity (Wildman–Crippen MR) is 94.5 cm³/mol. The van der Waals surface area contributed by atoms with Gasteiger partial charge in [-0.25, -0.2) is 19.3 Å². The number of hydrogen-bond acceptors (Lipinski definition) is 9. The van der Waals surface area contributed by atoms with Gasteiger partial charge in [0.1, 0.15) is 24.6 Å². The standard InChI is InChI=1S/C17H18FN5O5/c1-27-5-11-13(25)14(26)17(28-11)23-7-21-12-15(19-6-20-16(12)23)22-8-2-3-10(24)9(18)4-8/h2-4,6-7,11,13-14,17,24-26H,5H2,1H3,(H,19,20,22)/t11-,13-,14-,17-/m1/s1. The zero-order valence-corrected chi connectivity index (χ0v) is 14.7. The molecular formula is C17H18FN5O5. The first-order valence-corrected chi connectivity index (χ1v) is 8.43. The Morgan fingerprint density at radius 1 is 1.25 bits per heavy atom. The Labute approximate surface area is 158 Å². The van der Waals surface area contributed by atoms with E-state index in [1.807, 2.05) is 0 Å². The first-order valence-electron chi connectivity index (χ1n) is 8.43. The van der Waals surface area contributed by atoms with Gasteiger partial charge in [-0.05, 0) is 12.1 Å². The van der Waals surface area contributed by atoms with Crippen LogP contribution in [0.2, 0.25) is 0 Å². The number of aliphatic hydroxyl groups is 2. The van der Waals surface area contributed by atoms with Gasteiger partial charge >= 0.3 is 0 Å². The van der Waals surface area contributed by atoms with Crippen LogP contribution in [0.1, 0.15) is 6.23 Å². The highest BCUT2D eigenvalue weighted by atomic mass is 19.1. The van der Waals surface area contributed by atoms with E-state index in [1.54, 1.807) is 0 Å². The van der Waals surface area contributed by atoms with Crippen molar-refractivity contribution in [1.82, 2.24) is 19.5 Å². The van der Waals surface area contributed by atoms with Crippen LogP contribution >= 0.6 is 0 Å². The average Bonchev–Trinajstić information content (AvgIpc) is 3.22. The topological polar surface area (TPSA) is 135 Å². The molecule has 11 heteroatoms. The third kappa shape index (κ3) is 3.14. The molecule has 1 aliphatic heterocycles. The Bertz CT molecular complexity index is 999. The number of nitrogens with one attached hydrogen (secondary N) is 1. The van der Waals surface area contributed by atoms with Gasteiger partial charge in [0.2, 0.25) is 0 Å². The molecule has 0 bridgehead atoms. The highest BCUT2D eigenvalue weighted by Gasteiger charge is 2.44. The zero-order chi connectivity index (χ0) is 19.8. The Morgan fingerprint density at radius 3 is 2.82 bits per heavy atom. The SMILES string of the molecule is COC[C@H]1O[C@@H](n2cnc3c(Nc4ccc(O)c(F)c4)ncnc32)[C@H](O)[C@@H]1O. The summed E-state index contributed by atoms with van der Waals surface area (Å²) in [6.07, 6.45) is -1.23. The van der Waals surface area contributed by atoms with Crippen LogP contribution in [-0.4, -0.2) is 66.9 Å². The maximum Gasteiger partial charge on any atom is 0.167 e. The van der Waals surface area contributed by atoms with Crippen molar-refractivity contribution in [3.05, 3.63) is 36.7 Å². The van der Waals surface area contributed by atoms with Gasteiger partial charge in [-0.2, -0.15) is 0 Å². The minimum absolute atomic E-state index is 0.121. The van der Waals surface area contributed by atoms with Crippen molar-refractivity contribution in [2.45, 2.75) is 24.5 Å². The Morgan fingerprint density at radius 2 is 2.07 bits per heavy atom. The molecule has 1 saturated heterocycles. The lowest BCUT2D eigenvalue weighted by molar-refractivity contribution is -0.0580. The summed E-state index contributed by atoms with van der Waals surface area (Å²) in [6, 6.07) is 3.82. The molecule has 1 aliphatic rings. The van der Waals surface area contributed by atoms with Crippen LogP contribution in [0, 0.1) is 5.82 Å². The first kappa shape index (κ1) is 18.5. The zero-order valence-electron chi connectivity index (χ0n) is 14.7. The second kappa shape index (κ2) is 7.28. The van der Waals surface area contributed by atoms with Crippen LogP contribution in [-0.2, 0) is 9.47 Å². The summed E-state index contributed by atoms with van der Waals surface area (Å²) in [5, 5.41) is 32.7. The number of hydrogen-bond donors (Lipinski definition) is 4. The van der Waals surface area contributed by atoms with Crippen LogP contribution in [0.4, 0.5) is 15.9 Å². The lowest BCUT2D eigenvalue weighted by Gasteiger charge is -2.16. The number of halogens is 1. The van der Waals surface area contributed by atoms with Crippen LogP contribution < -0.4 is 5.32 Å².